The largest absolute Gasteiger partial charge is 0.433 e. The first-order valence-electron chi connectivity index (χ1n) is 6.43. The van der Waals surface area contributed by atoms with Gasteiger partial charge in [0.1, 0.15) is 5.69 Å². The lowest BCUT2D eigenvalue weighted by atomic mass is 10.0. The molecule has 0 bridgehead atoms. The molecule has 1 aromatic heterocycles. The van der Waals surface area contributed by atoms with E-state index in [1.807, 2.05) is 12.2 Å². The summed E-state index contributed by atoms with van der Waals surface area (Å²) in [6.45, 7) is 2.07. The van der Waals surface area contributed by atoms with Gasteiger partial charge in [0.25, 0.3) is 0 Å². The smallest absolute Gasteiger partial charge is 0.248 e. The summed E-state index contributed by atoms with van der Waals surface area (Å²) in [5.41, 5.74) is 0.692. The van der Waals surface area contributed by atoms with Crippen LogP contribution in [-0.2, 0) is 12.6 Å². The molecular formula is C14H16F3NS. The van der Waals surface area contributed by atoms with Crippen LogP contribution in [0, 0.1) is 0 Å². The molecule has 0 aliphatic heterocycles. The summed E-state index contributed by atoms with van der Waals surface area (Å²) in [7, 11) is 0. The summed E-state index contributed by atoms with van der Waals surface area (Å²) in [5, 5.41) is 0. The third-order valence-electron chi connectivity index (χ3n) is 2.98. The van der Waals surface area contributed by atoms with Gasteiger partial charge in [-0.2, -0.15) is 13.2 Å². The average Bonchev–Trinajstić information content (AvgIpc) is 2.37. The van der Waals surface area contributed by atoms with Gasteiger partial charge in [-0.25, -0.2) is 4.98 Å². The van der Waals surface area contributed by atoms with E-state index in [1.165, 1.54) is 17.8 Å². The number of allylic oxidation sites excluding steroid dienone is 1. The fraction of sp³-hybridized carbons (Fsp3) is 0.500. The highest BCUT2D eigenvalue weighted by molar-refractivity contribution is 7.99. The maximum absolute atomic E-state index is 12.8. The fourth-order valence-corrected chi connectivity index (χ4v) is 3.15. The quantitative estimate of drug-likeness (QED) is 0.574. The Morgan fingerprint density at radius 2 is 2.16 bits per heavy atom. The van der Waals surface area contributed by atoms with Crippen molar-refractivity contribution in [2.24, 2.45) is 0 Å². The first-order valence-corrected chi connectivity index (χ1v) is 7.41. The van der Waals surface area contributed by atoms with Gasteiger partial charge in [0.15, 0.2) is 0 Å². The lowest BCUT2D eigenvalue weighted by Gasteiger charge is -2.17. The van der Waals surface area contributed by atoms with Crippen molar-refractivity contribution in [2.75, 3.05) is 5.75 Å². The summed E-state index contributed by atoms with van der Waals surface area (Å²) in [4.78, 5) is 4.49. The second kappa shape index (κ2) is 5.99. The van der Waals surface area contributed by atoms with E-state index in [4.69, 9.17) is 0 Å². The molecule has 0 saturated carbocycles. The topological polar surface area (TPSA) is 12.9 Å². The number of aromatic nitrogens is 1. The van der Waals surface area contributed by atoms with E-state index >= 15 is 0 Å². The van der Waals surface area contributed by atoms with Crippen LogP contribution in [0.25, 0.3) is 6.08 Å². The van der Waals surface area contributed by atoms with Crippen LogP contribution in [0.5, 0.6) is 0 Å². The summed E-state index contributed by atoms with van der Waals surface area (Å²) in [6.07, 6.45) is 2.95. The Balaban J connectivity index is 2.36. The molecule has 0 fully saturated rings. The molecule has 0 unspecified atom stereocenters. The second-order valence-electron chi connectivity index (χ2n) is 4.51. The van der Waals surface area contributed by atoms with Gasteiger partial charge < -0.3 is 0 Å². The van der Waals surface area contributed by atoms with Gasteiger partial charge in [0.05, 0.1) is 0 Å². The van der Waals surface area contributed by atoms with Crippen LogP contribution in [0.3, 0.4) is 0 Å². The molecule has 0 spiro atoms. The van der Waals surface area contributed by atoms with Gasteiger partial charge in [-0.15, -0.1) is 11.8 Å². The van der Waals surface area contributed by atoms with Crippen LogP contribution >= 0.6 is 11.8 Å². The zero-order chi connectivity index (χ0) is 13.9. The Morgan fingerprint density at radius 3 is 2.84 bits per heavy atom. The number of halogens is 3. The Bertz CT molecular complexity index is 480. The van der Waals surface area contributed by atoms with Crippen molar-refractivity contribution in [2.45, 2.75) is 43.7 Å². The van der Waals surface area contributed by atoms with Gasteiger partial charge in [-0.3, -0.25) is 0 Å². The molecule has 0 amide bonds. The summed E-state index contributed by atoms with van der Waals surface area (Å²) >= 11 is 1.50. The van der Waals surface area contributed by atoms with Crippen LogP contribution in [0.1, 0.15) is 43.1 Å². The van der Waals surface area contributed by atoms with E-state index in [0.717, 1.165) is 30.6 Å². The highest BCUT2D eigenvalue weighted by Crippen LogP contribution is 2.36. The first-order chi connectivity index (χ1) is 9.02. The molecular weight excluding hydrogens is 271 g/mol. The summed E-state index contributed by atoms with van der Waals surface area (Å²) in [5.74, 6) is 0.845. The van der Waals surface area contributed by atoms with Crippen molar-refractivity contribution in [1.29, 1.82) is 0 Å². The Kier molecular flexibility index (Phi) is 4.55. The van der Waals surface area contributed by atoms with Crippen LogP contribution in [-0.4, -0.2) is 10.7 Å². The molecule has 0 aromatic carbocycles. The molecule has 104 valence electrons. The van der Waals surface area contributed by atoms with E-state index < -0.39 is 11.9 Å². The lowest BCUT2D eigenvalue weighted by Crippen LogP contribution is -2.12. The van der Waals surface area contributed by atoms with Gasteiger partial charge in [0.2, 0.25) is 0 Å². The highest BCUT2D eigenvalue weighted by atomic mass is 32.2. The van der Waals surface area contributed by atoms with Gasteiger partial charge in [0, 0.05) is 16.2 Å². The third kappa shape index (κ3) is 3.53. The standard InChI is InChI=1S/C14H16F3NS/c1-2-3-8-19-12-9-13(14(15,16)17)18-11-7-5-4-6-10(11)12/h4,6,9H,2-3,5,7-8H2,1H3. The number of alkyl halides is 3. The number of thioether (sulfide) groups is 1. The monoisotopic (exact) mass is 287 g/mol. The summed E-state index contributed by atoms with van der Waals surface area (Å²) in [6, 6.07) is 1.19. The highest BCUT2D eigenvalue weighted by Gasteiger charge is 2.34. The molecule has 5 heteroatoms. The minimum absolute atomic E-state index is 0.580. The van der Waals surface area contributed by atoms with Crippen LogP contribution < -0.4 is 0 Å². The molecule has 19 heavy (non-hydrogen) atoms. The number of aryl methyl sites for hydroxylation is 1. The van der Waals surface area contributed by atoms with Crippen molar-refractivity contribution in [3.05, 3.63) is 29.1 Å². The zero-order valence-corrected chi connectivity index (χ0v) is 11.6. The molecule has 0 saturated heterocycles. The summed E-state index contributed by atoms with van der Waals surface area (Å²) < 4.78 is 38.5. The van der Waals surface area contributed by atoms with Crippen LogP contribution in [0.15, 0.2) is 17.0 Å². The van der Waals surface area contributed by atoms with Gasteiger partial charge in [-0.1, -0.05) is 25.5 Å². The van der Waals surface area contributed by atoms with Gasteiger partial charge >= 0.3 is 6.18 Å². The van der Waals surface area contributed by atoms with Crippen molar-refractivity contribution >= 4 is 17.8 Å². The maximum atomic E-state index is 12.8. The molecule has 1 aliphatic rings. The molecule has 1 heterocycles. The van der Waals surface area contributed by atoms with Crippen molar-refractivity contribution in [1.82, 2.24) is 4.98 Å². The van der Waals surface area contributed by atoms with Crippen LogP contribution in [0.4, 0.5) is 13.2 Å². The van der Waals surface area contributed by atoms with Crippen molar-refractivity contribution in [3.8, 4) is 0 Å². The average molecular weight is 287 g/mol. The SMILES string of the molecule is CCCCSc1cc(C(F)(F)F)nc2c1C=CCC2. The number of fused-ring (bicyclic) bond motifs is 1. The first kappa shape index (κ1) is 14.4. The van der Waals surface area contributed by atoms with Crippen molar-refractivity contribution < 1.29 is 13.2 Å². The number of nitrogens with zero attached hydrogens (tertiary/aromatic N) is 1. The van der Waals surface area contributed by atoms with E-state index in [-0.39, 0.29) is 0 Å². The van der Waals surface area contributed by atoms with Gasteiger partial charge in [-0.05, 0) is 31.1 Å². The molecule has 1 nitrogen and oxygen atoms in total. The molecule has 1 aromatic rings. The Labute approximate surface area is 115 Å². The predicted octanol–water partition coefficient (Wildman–Crippen LogP) is 4.95. The van der Waals surface area contributed by atoms with E-state index in [1.54, 1.807) is 0 Å². The Hall–Kier alpha value is -0.970. The minimum atomic E-state index is -4.36. The maximum Gasteiger partial charge on any atom is 0.433 e. The number of unbranched alkanes of at least 4 members (excludes halogenated alkanes) is 1. The fourth-order valence-electron chi connectivity index (χ4n) is 1.96. The number of hydrogen-bond donors (Lipinski definition) is 0. The zero-order valence-electron chi connectivity index (χ0n) is 10.8. The van der Waals surface area contributed by atoms with E-state index in [2.05, 4.69) is 11.9 Å². The third-order valence-corrected chi connectivity index (χ3v) is 4.12. The molecule has 0 radical (unpaired) electrons. The number of hydrogen-bond acceptors (Lipinski definition) is 2. The normalized spacial score (nSPS) is 14.5. The van der Waals surface area contributed by atoms with Crippen molar-refractivity contribution in [3.63, 3.8) is 0 Å². The minimum Gasteiger partial charge on any atom is -0.248 e. The molecule has 0 atom stereocenters. The second-order valence-corrected chi connectivity index (χ2v) is 5.64. The number of rotatable bonds is 4. The predicted molar refractivity (Wildman–Crippen MR) is 72.2 cm³/mol. The van der Waals surface area contributed by atoms with Crippen LogP contribution in [0.2, 0.25) is 0 Å². The molecule has 0 N–H and O–H groups in total. The molecule has 2 rings (SSSR count). The molecule has 1 aliphatic carbocycles. The number of pyridine rings is 1. The lowest BCUT2D eigenvalue weighted by molar-refractivity contribution is -0.141. The Morgan fingerprint density at radius 1 is 1.37 bits per heavy atom. The van der Waals surface area contributed by atoms with E-state index in [9.17, 15) is 13.2 Å². The van der Waals surface area contributed by atoms with E-state index in [0.29, 0.717) is 17.0 Å².